The lowest BCUT2D eigenvalue weighted by Crippen LogP contribution is -2.38. The molecule has 1 fully saturated rings. The summed E-state index contributed by atoms with van der Waals surface area (Å²) in [7, 11) is 4.50. The van der Waals surface area contributed by atoms with E-state index in [0.29, 0.717) is 0 Å². The number of likely N-dealkylation sites (tertiary alicyclic amines) is 1. The normalized spacial score (nSPS) is 19.1. The number of hydrogen-bond donors (Lipinski definition) is 1. The Labute approximate surface area is 108 Å². The second-order valence-corrected chi connectivity index (χ2v) is 5.61. The summed E-state index contributed by atoms with van der Waals surface area (Å²) in [6, 6.07) is 0. The predicted molar refractivity (Wildman–Crippen MR) is 75.5 cm³/mol. The Morgan fingerprint density at radius 1 is 1.24 bits per heavy atom. The lowest BCUT2D eigenvalue weighted by Gasteiger charge is -2.31. The molecule has 102 valence electrons. The molecule has 1 heterocycles. The van der Waals surface area contributed by atoms with E-state index in [4.69, 9.17) is 0 Å². The summed E-state index contributed by atoms with van der Waals surface area (Å²) >= 11 is 0. The minimum absolute atomic E-state index is 0.923. The molecule has 0 atom stereocenters. The Bertz CT molecular complexity index is 176. The van der Waals surface area contributed by atoms with Gasteiger partial charge in [-0.2, -0.15) is 0 Å². The molecule has 0 aliphatic carbocycles. The molecule has 0 bridgehead atoms. The van der Waals surface area contributed by atoms with Crippen LogP contribution < -0.4 is 5.32 Å². The Hall–Kier alpha value is -0.120. The van der Waals surface area contributed by atoms with Crippen LogP contribution in [0.4, 0.5) is 0 Å². The molecule has 0 aromatic rings. The third-order valence-electron chi connectivity index (χ3n) is 3.79. The van der Waals surface area contributed by atoms with Gasteiger partial charge in [-0.25, -0.2) is 0 Å². The highest BCUT2D eigenvalue weighted by Gasteiger charge is 2.17. The molecule has 0 aromatic heterocycles. The fourth-order valence-electron chi connectivity index (χ4n) is 2.47. The second kappa shape index (κ2) is 8.90. The standard InChI is InChI=1S/C14H31N3/c1-4-5-8-15-9-12-17(3)13-14-6-10-16(2)11-7-14/h14-15H,4-13H2,1-3H3. The second-order valence-electron chi connectivity index (χ2n) is 5.61. The molecule has 3 heteroatoms. The Balaban J connectivity index is 1.98. The third-order valence-corrected chi connectivity index (χ3v) is 3.79. The first-order chi connectivity index (χ1) is 8.22. The molecule has 1 aliphatic rings. The molecule has 0 unspecified atom stereocenters. The Morgan fingerprint density at radius 2 is 1.94 bits per heavy atom. The van der Waals surface area contributed by atoms with Crippen molar-refractivity contribution >= 4 is 0 Å². The van der Waals surface area contributed by atoms with Crippen molar-refractivity contribution in [2.75, 3.05) is 53.4 Å². The maximum absolute atomic E-state index is 3.51. The number of piperidine rings is 1. The molecule has 1 rings (SSSR count). The van der Waals surface area contributed by atoms with Crippen LogP contribution in [0.3, 0.4) is 0 Å². The van der Waals surface area contributed by atoms with Crippen molar-refractivity contribution in [3.63, 3.8) is 0 Å². The van der Waals surface area contributed by atoms with Crippen LogP contribution in [-0.2, 0) is 0 Å². The van der Waals surface area contributed by atoms with Crippen LogP contribution in [0, 0.1) is 5.92 Å². The molecule has 0 radical (unpaired) electrons. The van der Waals surface area contributed by atoms with E-state index in [-0.39, 0.29) is 0 Å². The molecule has 3 nitrogen and oxygen atoms in total. The van der Waals surface area contributed by atoms with Crippen molar-refractivity contribution < 1.29 is 0 Å². The monoisotopic (exact) mass is 241 g/mol. The fourth-order valence-corrected chi connectivity index (χ4v) is 2.47. The van der Waals surface area contributed by atoms with Gasteiger partial charge in [-0.05, 0) is 58.9 Å². The van der Waals surface area contributed by atoms with E-state index in [0.717, 1.165) is 12.5 Å². The average molecular weight is 241 g/mol. The van der Waals surface area contributed by atoms with E-state index in [1.165, 1.54) is 58.4 Å². The lowest BCUT2D eigenvalue weighted by molar-refractivity contribution is 0.176. The first kappa shape index (κ1) is 14.9. The molecular formula is C14H31N3. The molecule has 0 saturated carbocycles. The Morgan fingerprint density at radius 3 is 2.59 bits per heavy atom. The molecule has 1 aliphatic heterocycles. The first-order valence-electron chi connectivity index (χ1n) is 7.30. The highest BCUT2D eigenvalue weighted by atomic mass is 15.1. The smallest absolute Gasteiger partial charge is 0.0104 e. The first-order valence-corrected chi connectivity index (χ1v) is 7.30. The maximum atomic E-state index is 3.51. The van der Waals surface area contributed by atoms with Crippen molar-refractivity contribution in [1.29, 1.82) is 0 Å². The van der Waals surface area contributed by atoms with Crippen molar-refractivity contribution in [3.05, 3.63) is 0 Å². The zero-order valence-electron chi connectivity index (χ0n) is 12.0. The van der Waals surface area contributed by atoms with Gasteiger partial charge in [-0.15, -0.1) is 0 Å². The number of likely N-dealkylation sites (N-methyl/N-ethyl adjacent to an activating group) is 1. The molecule has 1 N–H and O–H groups in total. The van der Waals surface area contributed by atoms with Gasteiger partial charge < -0.3 is 15.1 Å². The quantitative estimate of drug-likeness (QED) is 0.652. The average Bonchev–Trinajstić information content (AvgIpc) is 2.32. The lowest BCUT2D eigenvalue weighted by atomic mass is 9.97. The molecule has 0 aromatic carbocycles. The van der Waals surface area contributed by atoms with E-state index < -0.39 is 0 Å². The predicted octanol–water partition coefficient (Wildman–Crippen LogP) is 1.65. The summed E-state index contributed by atoms with van der Waals surface area (Å²) in [5, 5.41) is 3.51. The van der Waals surface area contributed by atoms with Gasteiger partial charge in [0, 0.05) is 19.6 Å². The molecule has 1 saturated heterocycles. The minimum Gasteiger partial charge on any atom is -0.315 e. The fraction of sp³-hybridized carbons (Fsp3) is 1.00. The van der Waals surface area contributed by atoms with Gasteiger partial charge in [0.05, 0.1) is 0 Å². The molecule has 0 amide bonds. The van der Waals surface area contributed by atoms with Crippen LogP contribution in [0.15, 0.2) is 0 Å². The molecule has 0 spiro atoms. The van der Waals surface area contributed by atoms with Crippen molar-refractivity contribution in [2.45, 2.75) is 32.6 Å². The number of nitrogens with zero attached hydrogens (tertiary/aromatic N) is 2. The van der Waals surface area contributed by atoms with Crippen LogP contribution in [-0.4, -0.2) is 63.2 Å². The number of unbranched alkanes of at least 4 members (excludes halogenated alkanes) is 1. The summed E-state index contributed by atoms with van der Waals surface area (Å²) in [4.78, 5) is 4.94. The van der Waals surface area contributed by atoms with E-state index >= 15 is 0 Å². The van der Waals surface area contributed by atoms with Crippen LogP contribution in [0.5, 0.6) is 0 Å². The summed E-state index contributed by atoms with van der Waals surface area (Å²) in [5.74, 6) is 0.923. The highest BCUT2D eigenvalue weighted by molar-refractivity contribution is 4.72. The van der Waals surface area contributed by atoms with Crippen LogP contribution >= 0.6 is 0 Å². The molecule has 17 heavy (non-hydrogen) atoms. The number of hydrogen-bond acceptors (Lipinski definition) is 3. The topological polar surface area (TPSA) is 18.5 Å². The van der Waals surface area contributed by atoms with Gasteiger partial charge in [0.1, 0.15) is 0 Å². The number of rotatable bonds is 8. The van der Waals surface area contributed by atoms with Gasteiger partial charge >= 0.3 is 0 Å². The van der Waals surface area contributed by atoms with E-state index in [2.05, 4.69) is 36.1 Å². The van der Waals surface area contributed by atoms with Crippen molar-refractivity contribution in [3.8, 4) is 0 Å². The summed E-state index contributed by atoms with van der Waals surface area (Å²) in [6.07, 6.45) is 5.35. The van der Waals surface area contributed by atoms with Crippen LogP contribution in [0.25, 0.3) is 0 Å². The number of nitrogens with one attached hydrogen (secondary N) is 1. The van der Waals surface area contributed by atoms with Crippen LogP contribution in [0.1, 0.15) is 32.6 Å². The van der Waals surface area contributed by atoms with Gasteiger partial charge in [-0.3, -0.25) is 0 Å². The van der Waals surface area contributed by atoms with E-state index in [1.54, 1.807) is 0 Å². The van der Waals surface area contributed by atoms with E-state index in [9.17, 15) is 0 Å². The van der Waals surface area contributed by atoms with Crippen LogP contribution in [0.2, 0.25) is 0 Å². The van der Waals surface area contributed by atoms with E-state index in [1.807, 2.05) is 0 Å². The minimum atomic E-state index is 0.923. The molecular weight excluding hydrogens is 210 g/mol. The summed E-state index contributed by atoms with van der Waals surface area (Å²) in [6.45, 7) is 9.61. The van der Waals surface area contributed by atoms with Crippen molar-refractivity contribution in [2.24, 2.45) is 5.92 Å². The van der Waals surface area contributed by atoms with Gasteiger partial charge in [0.2, 0.25) is 0 Å². The largest absolute Gasteiger partial charge is 0.315 e. The Kier molecular flexibility index (Phi) is 7.82. The van der Waals surface area contributed by atoms with Crippen molar-refractivity contribution in [1.82, 2.24) is 15.1 Å². The zero-order chi connectivity index (χ0) is 12.5. The van der Waals surface area contributed by atoms with Gasteiger partial charge in [-0.1, -0.05) is 13.3 Å². The van der Waals surface area contributed by atoms with Gasteiger partial charge in [0.15, 0.2) is 0 Å². The zero-order valence-corrected chi connectivity index (χ0v) is 12.0. The summed E-state index contributed by atoms with van der Waals surface area (Å²) < 4.78 is 0. The maximum Gasteiger partial charge on any atom is 0.0104 e. The third kappa shape index (κ3) is 7.02. The summed E-state index contributed by atoms with van der Waals surface area (Å²) in [5.41, 5.74) is 0. The highest BCUT2D eigenvalue weighted by Crippen LogP contribution is 2.16. The van der Waals surface area contributed by atoms with Gasteiger partial charge in [0.25, 0.3) is 0 Å². The SMILES string of the molecule is CCCCNCCN(C)CC1CCN(C)CC1.